The summed E-state index contributed by atoms with van der Waals surface area (Å²) in [6.07, 6.45) is 7.13. The van der Waals surface area contributed by atoms with Crippen LogP contribution in [0.15, 0.2) is 58.4 Å². The quantitative estimate of drug-likeness (QED) is 0.416. The summed E-state index contributed by atoms with van der Waals surface area (Å²) in [4.78, 5) is 30.1. The Hall–Kier alpha value is -3.74. The first-order valence-corrected chi connectivity index (χ1v) is 11.9. The van der Waals surface area contributed by atoms with E-state index in [9.17, 15) is 14.7 Å². The van der Waals surface area contributed by atoms with Gasteiger partial charge in [0.05, 0.1) is 17.1 Å². The summed E-state index contributed by atoms with van der Waals surface area (Å²) in [7, 11) is 0. The third kappa shape index (κ3) is 3.71. The zero-order valence-corrected chi connectivity index (χ0v) is 19.4. The molecule has 2 aromatic heterocycles. The fraction of sp³-hybridized carbons (Fsp3) is 0.333. The topological polar surface area (TPSA) is 89.5 Å². The van der Waals surface area contributed by atoms with Crippen molar-refractivity contribution in [2.24, 2.45) is 5.10 Å². The maximum atomic E-state index is 13.5. The van der Waals surface area contributed by atoms with Crippen LogP contribution in [0.5, 0.6) is 0 Å². The van der Waals surface area contributed by atoms with E-state index in [0.717, 1.165) is 47.8 Å². The average Bonchev–Trinajstić information content (AvgIpc) is 3.14. The maximum absolute atomic E-state index is 13.5. The highest BCUT2D eigenvalue weighted by Gasteiger charge is 2.24. The van der Waals surface area contributed by atoms with Crippen LogP contribution >= 0.6 is 0 Å². The highest BCUT2D eigenvalue weighted by atomic mass is 16.4. The van der Waals surface area contributed by atoms with Gasteiger partial charge < -0.3 is 9.67 Å². The normalized spacial score (nSPS) is 15.9. The molecule has 34 heavy (non-hydrogen) atoms. The number of aromatic nitrogens is 3. The molecule has 1 fully saturated rings. The highest BCUT2D eigenvalue weighted by Crippen LogP contribution is 2.32. The number of carboxylic acid groups (broad SMARTS) is 1. The molecular formula is C27H28N4O3. The lowest BCUT2D eigenvalue weighted by Crippen LogP contribution is -2.25. The van der Waals surface area contributed by atoms with Gasteiger partial charge in [-0.3, -0.25) is 4.79 Å². The van der Waals surface area contributed by atoms with Gasteiger partial charge >= 0.3 is 5.97 Å². The van der Waals surface area contributed by atoms with E-state index in [-0.39, 0.29) is 11.5 Å². The monoisotopic (exact) mass is 456 g/mol. The van der Waals surface area contributed by atoms with E-state index < -0.39 is 12.0 Å². The number of fused-ring (bicyclic) bond motifs is 2. The summed E-state index contributed by atoms with van der Waals surface area (Å²) in [5.41, 5.74) is 2.94. The van der Waals surface area contributed by atoms with Crippen molar-refractivity contribution in [1.82, 2.24) is 14.2 Å². The zero-order chi connectivity index (χ0) is 23.8. The number of benzene rings is 2. The lowest BCUT2D eigenvalue weighted by molar-refractivity contribution is -0.140. The van der Waals surface area contributed by atoms with Crippen LogP contribution in [-0.4, -0.2) is 31.5 Å². The lowest BCUT2D eigenvalue weighted by atomic mass is 9.88. The first-order valence-electron chi connectivity index (χ1n) is 11.9. The molecule has 4 aromatic rings. The van der Waals surface area contributed by atoms with Crippen molar-refractivity contribution in [3.63, 3.8) is 0 Å². The van der Waals surface area contributed by atoms with E-state index in [4.69, 9.17) is 4.98 Å². The van der Waals surface area contributed by atoms with E-state index in [1.54, 1.807) is 19.2 Å². The molecule has 174 valence electrons. The van der Waals surface area contributed by atoms with Gasteiger partial charge in [-0.15, -0.1) is 0 Å². The third-order valence-electron chi connectivity index (χ3n) is 7.00. The Balaban J connectivity index is 1.70. The van der Waals surface area contributed by atoms with Crippen molar-refractivity contribution in [1.29, 1.82) is 0 Å². The molecule has 0 amide bonds. The van der Waals surface area contributed by atoms with Crippen molar-refractivity contribution in [2.45, 2.75) is 57.9 Å². The summed E-state index contributed by atoms with van der Waals surface area (Å²) in [6, 6.07) is 14.4. The first-order chi connectivity index (χ1) is 16.5. The van der Waals surface area contributed by atoms with Gasteiger partial charge in [0, 0.05) is 28.1 Å². The minimum absolute atomic E-state index is 0.178. The van der Waals surface area contributed by atoms with E-state index >= 15 is 0 Å². The van der Waals surface area contributed by atoms with Gasteiger partial charge in [-0.25, -0.2) is 9.78 Å². The van der Waals surface area contributed by atoms with Gasteiger partial charge in [0.25, 0.3) is 5.56 Å². The molecule has 1 aliphatic carbocycles. The molecule has 0 saturated heterocycles. The molecule has 1 saturated carbocycles. The smallest absolute Gasteiger partial charge is 0.326 e. The van der Waals surface area contributed by atoms with Crippen LogP contribution in [0.3, 0.4) is 0 Å². The molecule has 0 unspecified atom stereocenters. The SMILES string of the molecule is Cc1c(C=Nn2c(C3CCCCC3)nc3ccccc3c2=O)c2ccccc2n1[C@H](C)C(=O)O. The minimum Gasteiger partial charge on any atom is -0.480 e. The Morgan fingerprint density at radius 1 is 1.09 bits per heavy atom. The fourth-order valence-electron chi connectivity index (χ4n) is 5.18. The van der Waals surface area contributed by atoms with Gasteiger partial charge in [0.2, 0.25) is 0 Å². The fourth-order valence-corrected chi connectivity index (χ4v) is 5.18. The highest BCUT2D eigenvalue weighted by molar-refractivity contribution is 6.01. The lowest BCUT2D eigenvalue weighted by Gasteiger charge is -2.22. The maximum Gasteiger partial charge on any atom is 0.326 e. The van der Waals surface area contributed by atoms with Crippen LogP contribution < -0.4 is 5.56 Å². The summed E-state index contributed by atoms with van der Waals surface area (Å²) in [5, 5.41) is 15.8. The Morgan fingerprint density at radius 3 is 2.50 bits per heavy atom. The molecule has 0 radical (unpaired) electrons. The van der Waals surface area contributed by atoms with E-state index in [2.05, 4.69) is 5.10 Å². The van der Waals surface area contributed by atoms with Crippen molar-refractivity contribution >= 4 is 34.0 Å². The first kappa shape index (κ1) is 22.1. The van der Waals surface area contributed by atoms with E-state index in [1.807, 2.05) is 54.0 Å². The molecule has 2 aromatic carbocycles. The summed E-state index contributed by atoms with van der Waals surface area (Å²) in [5.74, 6) is -0.000464. The molecule has 7 nitrogen and oxygen atoms in total. The number of carboxylic acids is 1. The molecule has 1 N–H and O–H groups in total. The molecule has 1 atom stereocenters. The summed E-state index contributed by atoms with van der Waals surface area (Å²) >= 11 is 0. The van der Waals surface area contributed by atoms with Gasteiger partial charge in [-0.05, 0) is 44.9 Å². The Kier molecular flexibility index (Phi) is 5.77. The Bertz CT molecular complexity index is 1470. The second kappa shape index (κ2) is 8.89. The van der Waals surface area contributed by atoms with Gasteiger partial charge in [-0.2, -0.15) is 9.78 Å². The van der Waals surface area contributed by atoms with Crippen LogP contribution in [0.4, 0.5) is 0 Å². The number of nitrogens with zero attached hydrogens (tertiary/aromatic N) is 4. The number of hydrogen-bond acceptors (Lipinski definition) is 4. The molecule has 7 heteroatoms. The number of rotatable bonds is 5. The number of carbonyl (C=O) groups is 1. The molecule has 1 aliphatic rings. The molecule has 0 aliphatic heterocycles. The van der Waals surface area contributed by atoms with E-state index in [1.165, 1.54) is 11.1 Å². The predicted molar refractivity (Wildman–Crippen MR) is 134 cm³/mol. The van der Waals surface area contributed by atoms with Gasteiger partial charge in [-0.1, -0.05) is 49.6 Å². The molecule has 0 spiro atoms. The Labute approximate surface area is 197 Å². The van der Waals surface area contributed by atoms with Crippen molar-refractivity contribution in [3.05, 3.63) is 76.0 Å². The van der Waals surface area contributed by atoms with Crippen molar-refractivity contribution in [3.8, 4) is 0 Å². The van der Waals surface area contributed by atoms with Gasteiger partial charge in [0.15, 0.2) is 0 Å². The second-order valence-electron chi connectivity index (χ2n) is 9.08. The average molecular weight is 457 g/mol. The molecule has 0 bridgehead atoms. The molecule has 2 heterocycles. The van der Waals surface area contributed by atoms with Crippen LogP contribution in [0, 0.1) is 6.92 Å². The third-order valence-corrected chi connectivity index (χ3v) is 7.00. The van der Waals surface area contributed by atoms with Crippen LogP contribution in [0.1, 0.15) is 68.1 Å². The standard InChI is InChI=1S/C27H28N4O3/c1-17-22(20-12-7-9-15-24(20)30(17)18(2)27(33)34)16-28-31-25(19-10-4-3-5-11-19)29-23-14-8-6-13-21(23)26(31)32/h6-9,12-16,18-19H,3-5,10-11H2,1-2H3,(H,33,34)/t18-/m1/s1. The van der Waals surface area contributed by atoms with Crippen molar-refractivity contribution < 1.29 is 9.90 Å². The predicted octanol–water partition coefficient (Wildman–Crippen LogP) is 5.24. The zero-order valence-electron chi connectivity index (χ0n) is 19.4. The van der Waals surface area contributed by atoms with Crippen LogP contribution in [0.25, 0.3) is 21.8 Å². The van der Waals surface area contributed by atoms with Crippen LogP contribution in [0.2, 0.25) is 0 Å². The summed E-state index contributed by atoms with van der Waals surface area (Å²) in [6.45, 7) is 3.56. The second-order valence-corrected chi connectivity index (χ2v) is 9.08. The number of aliphatic carboxylic acids is 1. The number of para-hydroxylation sites is 2. The minimum atomic E-state index is -0.901. The molecular weight excluding hydrogens is 428 g/mol. The van der Waals surface area contributed by atoms with E-state index in [0.29, 0.717) is 16.7 Å². The Morgan fingerprint density at radius 2 is 1.76 bits per heavy atom. The molecule has 5 rings (SSSR count). The largest absolute Gasteiger partial charge is 0.480 e. The summed E-state index contributed by atoms with van der Waals surface area (Å²) < 4.78 is 3.27. The number of hydrogen-bond donors (Lipinski definition) is 1. The van der Waals surface area contributed by atoms with Crippen molar-refractivity contribution in [2.75, 3.05) is 0 Å². The van der Waals surface area contributed by atoms with Gasteiger partial charge in [0.1, 0.15) is 11.9 Å². The van der Waals surface area contributed by atoms with Crippen LogP contribution in [-0.2, 0) is 4.79 Å².